The minimum Gasteiger partial charge on any atom is -0.382 e. The van der Waals surface area contributed by atoms with Crippen LogP contribution in [0.4, 0.5) is 4.39 Å². The predicted molar refractivity (Wildman–Crippen MR) is 103 cm³/mol. The summed E-state index contributed by atoms with van der Waals surface area (Å²) in [5.74, 6) is -1.07. The smallest absolute Gasteiger partial charge is 0.265 e. The average Bonchev–Trinajstić information content (AvgIpc) is 3.19. The molecule has 28 heavy (non-hydrogen) atoms. The normalized spacial score (nSPS) is 16.6. The molecule has 6 nitrogen and oxygen atoms in total. The molecule has 0 spiro atoms. The van der Waals surface area contributed by atoms with Crippen molar-refractivity contribution in [3.8, 4) is 0 Å². The van der Waals surface area contributed by atoms with Crippen LogP contribution in [0.3, 0.4) is 0 Å². The van der Waals surface area contributed by atoms with E-state index in [0.29, 0.717) is 24.2 Å². The van der Waals surface area contributed by atoms with Crippen molar-refractivity contribution in [3.05, 3.63) is 71.5 Å². The minimum atomic E-state index is -0.856. The molecule has 1 heterocycles. The van der Waals surface area contributed by atoms with Gasteiger partial charge in [0.2, 0.25) is 12.0 Å². The Bertz CT molecular complexity index is 870. The number of carbonyl (C=O) groups is 2. The van der Waals surface area contributed by atoms with Crippen molar-refractivity contribution >= 4 is 17.5 Å². The maximum absolute atomic E-state index is 13.4. The highest BCUT2D eigenvalue weighted by atomic mass is 19.1. The molecule has 0 fully saturated rings. The maximum atomic E-state index is 13.4. The SMILES string of the molecule is CCNC(=O)[C@@H](Cc1ccccc1)NC(=O)[C@@H]1CC(c2cccc(F)c2)=NO1. The second-order valence-corrected chi connectivity index (χ2v) is 6.49. The van der Waals surface area contributed by atoms with Crippen LogP contribution in [0.2, 0.25) is 0 Å². The molecule has 0 aliphatic carbocycles. The zero-order valence-corrected chi connectivity index (χ0v) is 15.5. The number of rotatable bonds is 7. The van der Waals surface area contributed by atoms with Crippen molar-refractivity contribution in [3.63, 3.8) is 0 Å². The van der Waals surface area contributed by atoms with Gasteiger partial charge < -0.3 is 15.5 Å². The third kappa shape index (κ3) is 4.94. The fourth-order valence-corrected chi connectivity index (χ4v) is 2.98. The van der Waals surface area contributed by atoms with Crippen LogP contribution >= 0.6 is 0 Å². The summed E-state index contributed by atoms with van der Waals surface area (Å²) in [7, 11) is 0. The Morgan fingerprint density at radius 1 is 1.21 bits per heavy atom. The third-order valence-electron chi connectivity index (χ3n) is 4.39. The van der Waals surface area contributed by atoms with E-state index < -0.39 is 18.1 Å². The first-order chi connectivity index (χ1) is 13.6. The van der Waals surface area contributed by atoms with Crippen LogP contribution in [-0.2, 0) is 20.8 Å². The molecule has 0 unspecified atom stereocenters. The van der Waals surface area contributed by atoms with E-state index in [9.17, 15) is 14.0 Å². The molecule has 1 aliphatic heterocycles. The topological polar surface area (TPSA) is 79.8 Å². The van der Waals surface area contributed by atoms with Crippen molar-refractivity contribution in [2.75, 3.05) is 6.54 Å². The van der Waals surface area contributed by atoms with Gasteiger partial charge in [0, 0.05) is 24.9 Å². The largest absolute Gasteiger partial charge is 0.382 e. The Hall–Kier alpha value is -3.22. The number of amides is 2. The quantitative estimate of drug-likeness (QED) is 0.769. The highest BCUT2D eigenvalue weighted by Gasteiger charge is 2.32. The standard InChI is InChI=1S/C21H22FN3O3/c1-2-23-20(26)18(11-14-7-4-3-5-8-14)24-21(27)19-13-17(25-28-19)15-9-6-10-16(22)12-15/h3-10,12,18-19H,2,11,13H2,1H3,(H,23,26)(H,24,27)/t18-,19+/m1/s1. The number of nitrogens with zero attached hydrogens (tertiary/aromatic N) is 1. The molecule has 0 saturated carbocycles. The molecule has 0 bridgehead atoms. The molecule has 3 rings (SSSR count). The van der Waals surface area contributed by atoms with Gasteiger partial charge in [-0.2, -0.15) is 0 Å². The average molecular weight is 383 g/mol. The Balaban J connectivity index is 1.64. The Morgan fingerprint density at radius 3 is 2.71 bits per heavy atom. The zero-order valence-electron chi connectivity index (χ0n) is 15.5. The van der Waals surface area contributed by atoms with Crippen LogP contribution in [-0.4, -0.2) is 36.2 Å². The van der Waals surface area contributed by atoms with E-state index in [1.807, 2.05) is 37.3 Å². The summed E-state index contributed by atoms with van der Waals surface area (Å²) in [5, 5.41) is 9.40. The molecule has 2 N–H and O–H groups in total. The van der Waals surface area contributed by atoms with E-state index in [0.717, 1.165) is 5.56 Å². The van der Waals surface area contributed by atoms with E-state index in [1.54, 1.807) is 12.1 Å². The van der Waals surface area contributed by atoms with Gasteiger partial charge in [0.05, 0.1) is 5.71 Å². The van der Waals surface area contributed by atoms with Gasteiger partial charge >= 0.3 is 0 Å². The van der Waals surface area contributed by atoms with E-state index in [1.165, 1.54) is 12.1 Å². The van der Waals surface area contributed by atoms with E-state index >= 15 is 0 Å². The van der Waals surface area contributed by atoms with E-state index in [4.69, 9.17) is 4.84 Å². The van der Waals surface area contributed by atoms with Crippen LogP contribution < -0.4 is 10.6 Å². The monoisotopic (exact) mass is 383 g/mol. The first kappa shape index (κ1) is 19.5. The number of halogens is 1. The number of hydrogen-bond donors (Lipinski definition) is 2. The van der Waals surface area contributed by atoms with Crippen molar-refractivity contribution in [2.45, 2.75) is 31.9 Å². The van der Waals surface area contributed by atoms with Crippen molar-refractivity contribution in [1.29, 1.82) is 0 Å². The number of benzene rings is 2. The Kier molecular flexibility index (Phi) is 6.37. The van der Waals surface area contributed by atoms with Crippen molar-refractivity contribution in [1.82, 2.24) is 10.6 Å². The second kappa shape index (κ2) is 9.12. The summed E-state index contributed by atoms with van der Waals surface area (Å²) in [4.78, 5) is 30.3. The number of carbonyl (C=O) groups excluding carboxylic acids is 2. The lowest BCUT2D eigenvalue weighted by Crippen LogP contribution is -2.50. The molecule has 0 aromatic heterocycles. The summed E-state index contributed by atoms with van der Waals surface area (Å²) in [6, 6.07) is 14.7. The highest BCUT2D eigenvalue weighted by molar-refractivity contribution is 6.04. The van der Waals surface area contributed by atoms with Crippen LogP contribution in [0.15, 0.2) is 59.8 Å². The lowest BCUT2D eigenvalue weighted by Gasteiger charge is -2.19. The molecule has 2 amide bonds. The highest BCUT2D eigenvalue weighted by Crippen LogP contribution is 2.18. The lowest BCUT2D eigenvalue weighted by molar-refractivity contribution is -0.135. The van der Waals surface area contributed by atoms with Gasteiger partial charge in [0.15, 0.2) is 0 Å². The molecule has 146 valence electrons. The third-order valence-corrected chi connectivity index (χ3v) is 4.39. The van der Waals surface area contributed by atoms with Crippen LogP contribution in [0.25, 0.3) is 0 Å². The van der Waals surface area contributed by atoms with Gasteiger partial charge in [0.25, 0.3) is 5.91 Å². The fourth-order valence-electron chi connectivity index (χ4n) is 2.98. The minimum absolute atomic E-state index is 0.211. The second-order valence-electron chi connectivity index (χ2n) is 6.49. The maximum Gasteiger partial charge on any atom is 0.265 e. The zero-order chi connectivity index (χ0) is 19.9. The number of hydrogen-bond acceptors (Lipinski definition) is 4. The van der Waals surface area contributed by atoms with E-state index in [2.05, 4.69) is 15.8 Å². The first-order valence-electron chi connectivity index (χ1n) is 9.17. The van der Waals surface area contributed by atoms with E-state index in [-0.39, 0.29) is 18.1 Å². The number of likely N-dealkylation sites (N-methyl/N-ethyl adjacent to an activating group) is 1. The van der Waals surface area contributed by atoms with Gasteiger partial charge in [-0.15, -0.1) is 0 Å². The summed E-state index contributed by atoms with van der Waals surface area (Å²) >= 11 is 0. The van der Waals surface area contributed by atoms with Crippen molar-refractivity contribution in [2.24, 2.45) is 5.16 Å². The molecule has 0 radical (unpaired) electrons. The van der Waals surface area contributed by atoms with Gasteiger partial charge in [-0.1, -0.05) is 47.6 Å². The molecule has 0 saturated heterocycles. The molecule has 2 aromatic rings. The predicted octanol–water partition coefficient (Wildman–Crippen LogP) is 2.18. The van der Waals surface area contributed by atoms with Crippen LogP contribution in [0.1, 0.15) is 24.5 Å². The fraction of sp³-hybridized carbons (Fsp3) is 0.286. The van der Waals surface area contributed by atoms with Gasteiger partial charge in [-0.3, -0.25) is 9.59 Å². The lowest BCUT2D eigenvalue weighted by atomic mass is 10.0. The summed E-state index contributed by atoms with van der Waals surface area (Å²) in [5.41, 5.74) is 2.00. The molecule has 1 aliphatic rings. The molecular weight excluding hydrogens is 361 g/mol. The molecule has 7 heteroatoms. The molecule has 2 aromatic carbocycles. The van der Waals surface area contributed by atoms with Crippen LogP contribution in [0.5, 0.6) is 0 Å². The summed E-state index contributed by atoms with van der Waals surface area (Å²) in [6.45, 7) is 2.28. The van der Waals surface area contributed by atoms with Gasteiger partial charge in [0.1, 0.15) is 11.9 Å². The Morgan fingerprint density at radius 2 is 2.00 bits per heavy atom. The van der Waals surface area contributed by atoms with Gasteiger partial charge in [-0.05, 0) is 24.6 Å². The van der Waals surface area contributed by atoms with Gasteiger partial charge in [-0.25, -0.2) is 4.39 Å². The summed E-state index contributed by atoms with van der Waals surface area (Å²) in [6.07, 6.45) is -0.281. The number of nitrogens with one attached hydrogen (secondary N) is 2. The number of oxime groups is 1. The summed E-state index contributed by atoms with van der Waals surface area (Å²) < 4.78 is 13.4. The molecular formula is C21H22FN3O3. The first-order valence-corrected chi connectivity index (χ1v) is 9.17. The Labute approximate surface area is 162 Å². The molecule has 2 atom stereocenters. The van der Waals surface area contributed by atoms with Crippen LogP contribution in [0, 0.1) is 5.82 Å². The van der Waals surface area contributed by atoms with Crippen molar-refractivity contribution < 1.29 is 18.8 Å².